The summed E-state index contributed by atoms with van der Waals surface area (Å²) in [4.78, 5) is 18.5. The summed E-state index contributed by atoms with van der Waals surface area (Å²) in [5.74, 6) is -0.983. The van der Waals surface area contributed by atoms with Crippen LogP contribution in [0, 0.1) is 5.92 Å². The zero-order valence-electron chi connectivity index (χ0n) is 8.53. The first kappa shape index (κ1) is 11.8. The third-order valence-electron chi connectivity index (χ3n) is 2.09. The molecule has 74 valence electrons. The van der Waals surface area contributed by atoms with Crippen LogP contribution in [0.2, 0.25) is 0 Å². The van der Waals surface area contributed by atoms with E-state index in [1.54, 1.807) is 14.1 Å². The van der Waals surface area contributed by atoms with Crippen molar-refractivity contribution in [3.8, 4) is 0 Å². The van der Waals surface area contributed by atoms with Gasteiger partial charge in [0, 0.05) is 31.4 Å². The Labute approximate surface area is 78.4 Å². The van der Waals surface area contributed by atoms with E-state index in [4.69, 9.17) is 5.11 Å². The lowest BCUT2D eigenvalue weighted by Gasteiger charge is -2.13. The first-order valence-electron chi connectivity index (χ1n) is 4.11. The molecule has 4 heteroatoms. The maximum absolute atomic E-state index is 10.5. The van der Waals surface area contributed by atoms with Crippen LogP contribution in [0.1, 0.15) is 20.3 Å². The van der Waals surface area contributed by atoms with E-state index in [9.17, 15) is 4.79 Å². The molecule has 0 aromatic heterocycles. The second kappa shape index (κ2) is 5.45. The molecule has 13 heavy (non-hydrogen) atoms. The summed E-state index contributed by atoms with van der Waals surface area (Å²) in [7, 11) is 3.32. The minimum Gasteiger partial charge on any atom is -0.481 e. The number of aliphatic imine (C=N–C) groups is 2. The Morgan fingerprint density at radius 3 is 1.85 bits per heavy atom. The number of hydrogen-bond acceptors (Lipinski definition) is 3. The number of carboxylic acids is 1. The Hall–Kier alpha value is -1.19. The molecule has 0 bridgehead atoms. The summed E-state index contributed by atoms with van der Waals surface area (Å²) in [5, 5.41) is 8.66. The average Bonchev–Trinajstić information content (AvgIpc) is 2.11. The highest BCUT2D eigenvalue weighted by Crippen LogP contribution is 2.08. The van der Waals surface area contributed by atoms with E-state index in [0.29, 0.717) is 0 Å². The van der Waals surface area contributed by atoms with E-state index in [1.807, 2.05) is 13.8 Å². The predicted octanol–water partition coefficient (Wildman–Crippen LogP) is 1.26. The fraction of sp³-hybridized carbons (Fsp3) is 0.667. The van der Waals surface area contributed by atoms with Gasteiger partial charge in [0.05, 0.1) is 6.42 Å². The quantitative estimate of drug-likeness (QED) is 0.668. The monoisotopic (exact) mass is 184 g/mol. The zero-order valence-corrected chi connectivity index (χ0v) is 8.53. The second-order valence-electron chi connectivity index (χ2n) is 2.88. The van der Waals surface area contributed by atoms with E-state index in [2.05, 4.69) is 9.98 Å². The maximum atomic E-state index is 10.5. The molecule has 0 saturated carbocycles. The summed E-state index contributed by atoms with van der Waals surface area (Å²) in [6.45, 7) is 3.64. The first-order chi connectivity index (χ1) is 6.02. The second-order valence-corrected chi connectivity index (χ2v) is 2.88. The van der Waals surface area contributed by atoms with Crippen molar-refractivity contribution in [3.05, 3.63) is 0 Å². The lowest BCUT2D eigenvalue weighted by Crippen LogP contribution is -2.23. The molecule has 0 saturated heterocycles. The van der Waals surface area contributed by atoms with Gasteiger partial charge in [0.15, 0.2) is 0 Å². The van der Waals surface area contributed by atoms with Crippen LogP contribution >= 0.6 is 0 Å². The molecule has 0 aromatic rings. The zero-order chi connectivity index (χ0) is 10.4. The van der Waals surface area contributed by atoms with Crippen LogP contribution in [-0.2, 0) is 4.79 Å². The lowest BCUT2D eigenvalue weighted by molar-refractivity contribution is -0.137. The Bertz CT molecular complexity index is 226. The van der Waals surface area contributed by atoms with Gasteiger partial charge in [-0.05, 0) is 13.8 Å². The van der Waals surface area contributed by atoms with Crippen LogP contribution < -0.4 is 0 Å². The predicted molar refractivity (Wildman–Crippen MR) is 53.8 cm³/mol. The fourth-order valence-electron chi connectivity index (χ4n) is 1.08. The first-order valence-corrected chi connectivity index (χ1v) is 4.11. The van der Waals surface area contributed by atoms with E-state index in [0.717, 1.165) is 11.4 Å². The standard InChI is InChI=1S/C9H16N2O2/c1-6(10-3)8(5-9(12)13)7(2)11-4/h8H,5H2,1-4H3,(H,12,13). The van der Waals surface area contributed by atoms with Gasteiger partial charge in [0.2, 0.25) is 0 Å². The molecule has 0 atom stereocenters. The van der Waals surface area contributed by atoms with Gasteiger partial charge in [0.1, 0.15) is 0 Å². The van der Waals surface area contributed by atoms with Gasteiger partial charge in [-0.1, -0.05) is 0 Å². The molecule has 0 aromatic carbocycles. The minimum atomic E-state index is -0.823. The Balaban J connectivity index is 4.66. The molecule has 0 spiro atoms. The molecule has 0 heterocycles. The highest BCUT2D eigenvalue weighted by molar-refractivity contribution is 6.07. The number of carbonyl (C=O) groups is 1. The molecule has 0 fully saturated rings. The number of rotatable bonds is 4. The number of aliphatic carboxylic acids is 1. The summed E-state index contributed by atoms with van der Waals surface area (Å²) in [6.07, 6.45) is 0.0619. The SMILES string of the molecule is CN=C(C)C(CC(=O)O)C(C)=NC. The van der Waals surface area contributed by atoms with Gasteiger partial charge in [-0.25, -0.2) is 0 Å². The normalized spacial score (nSPS) is 15.7. The molecule has 0 rings (SSSR count). The van der Waals surface area contributed by atoms with Crippen molar-refractivity contribution in [1.29, 1.82) is 0 Å². The third-order valence-corrected chi connectivity index (χ3v) is 2.09. The molecule has 1 N–H and O–H groups in total. The molecular formula is C9H16N2O2. The van der Waals surface area contributed by atoms with Gasteiger partial charge in [-0.3, -0.25) is 14.8 Å². The third kappa shape index (κ3) is 3.83. The molecule has 0 unspecified atom stereocenters. The number of hydrogen-bond donors (Lipinski definition) is 1. The van der Waals surface area contributed by atoms with Gasteiger partial charge in [-0.2, -0.15) is 0 Å². The summed E-state index contributed by atoms with van der Waals surface area (Å²) >= 11 is 0. The highest BCUT2D eigenvalue weighted by atomic mass is 16.4. The van der Waals surface area contributed by atoms with Gasteiger partial charge in [0.25, 0.3) is 0 Å². The molecular weight excluding hydrogens is 168 g/mol. The van der Waals surface area contributed by atoms with E-state index in [-0.39, 0.29) is 12.3 Å². The molecule has 0 aliphatic heterocycles. The summed E-state index contributed by atoms with van der Waals surface area (Å²) in [5.41, 5.74) is 1.62. The molecule has 0 aliphatic carbocycles. The minimum absolute atomic E-state index is 0.0619. The van der Waals surface area contributed by atoms with Crippen LogP contribution in [-0.4, -0.2) is 36.6 Å². The van der Waals surface area contributed by atoms with E-state index < -0.39 is 5.97 Å². The fourth-order valence-corrected chi connectivity index (χ4v) is 1.08. The Kier molecular flexibility index (Phi) is 4.96. The smallest absolute Gasteiger partial charge is 0.304 e. The molecule has 0 aliphatic rings. The van der Waals surface area contributed by atoms with Crippen molar-refractivity contribution in [3.63, 3.8) is 0 Å². The Morgan fingerprint density at radius 2 is 1.62 bits per heavy atom. The Morgan fingerprint density at radius 1 is 1.23 bits per heavy atom. The molecule has 0 amide bonds. The van der Waals surface area contributed by atoms with Crippen molar-refractivity contribution in [2.24, 2.45) is 15.9 Å². The van der Waals surface area contributed by atoms with Gasteiger partial charge >= 0.3 is 5.97 Å². The largest absolute Gasteiger partial charge is 0.481 e. The van der Waals surface area contributed by atoms with Crippen molar-refractivity contribution in [2.45, 2.75) is 20.3 Å². The van der Waals surface area contributed by atoms with Crippen molar-refractivity contribution < 1.29 is 9.90 Å². The summed E-state index contributed by atoms with van der Waals surface area (Å²) in [6, 6.07) is 0. The van der Waals surface area contributed by atoms with Crippen LogP contribution in [0.5, 0.6) is 0 Å². The molecule has 4 nitrogen and oxygen atoms in total. The average molecular weight is 184 g/mol. The van der Waals surface area contributed by atoms with Crippen LogP contribution in [0.25, 0.3) is 0 Å². The van der Waals surface area contributed by atoms with E-state index >= 15 is 0 Å². The van der Waals surface area contributed by atoms with Crippen LogP contribution in [0.15, 0.2) is 9.98 Å². The van der Waals surface area contributed by atoms with Gasteiger partial charge in [-0.15, -0.1) is 0 Å². The maximum Gasteiger partial charge on any atom is 0.304 e. The van der Waals surface area contributed by atoms with Crippen molar-refractivity contribution in [1.82, 2.24) is 0 Å². The molecule has 0 radical (unpaired) electrons. The van der Waals surface area contributed by atoms with Crippen LogP contribution in [0.3, 0.4) is 0 Å². The highest BCUT2D eigenvalue weighted by Gasteiger charge is 2.18. The van der Waals surface area contributed by atoms with E-state index in [1.165, 1.54) is 0 Å². The number of carboxylic acid groups (broad SMARTS) is 1. The summed E-state index contributed by atoms with van der Waals surface area (Å²) < 4.78 is 0. The lowest BCUT2D eigenvalue weighted by atomic mass is 9.95. The van der Waals surface area contributed by atoms with Crippen LogP contribution in [0.4, 0.5) is 0 Å². The van der Waals surface area contributed by atoms with Crippen molar-refractivity contribution >= 4 is 17.4 Å². The topological polar surface area (TPSA) is 62.0 Å². The van der Waals surface area contributed by atoms with Crippen molar-refractivity contribution in [2.75, 3.05) is 14.1 Å². The van der Waals surface area contributed by atoms with Gasteiger partial charge < -0.3 is 5.11 Å². The number of nitrogens with zero attached hydrogens (tertiary/aromatic N) is 2.